The molecule has 36 heavy (non-hydrogen) atoms. The molecule has 4 rings (SSSR count). The number of rotatable bonds is 11. The van der Waals surface area contributed by atoms with E-state index >= 15 is 0 Å². The summed E-state index contributed by atoms with van der Waals surface area (Å²) in [5.41, 5.74) is 2.44. The molecule has 3 atom stereocenters. The van der Waals surface area contributed by atoms with Gasteiger partial charge in [-0.05, 0) is 104 Å². The van der Waals surface area contributed by atoms with E-state index in [0.29, 0.717) is 17.9 Å². The Morgan fingerprint density at radius 3 is 2.92 bits per heavy atom. The number of hydrogen-bond acceptors (Lipinski definition) is 7. The minimum atomic E-state index is -0.573. The molecule has 3 aromatic rings. The highest BCUT2D eigenvalue weighted by Crippen LogP contribution is 2.33. The molecular weight excluding hydrogens is 470 g/mol. The minimum absolute atomic E-state index is 0.183. The van der Waals surface area contributed by atoms with Crippen LogP contribution in [0.1, 0.15) is 42.9 Å². The molecule has 0 saturated carbocycles. The quantitative estimate of drug-likeness (QED) is 0.279. The van der Waals surface area contributed by atoms with Crippen LogP contribution in [0.25, 0.3) is 10.9 Å². The van der Waals surface area contributed by atoms with Gasteiger partial charge in [-0.25, -0.2) is 0 Å². The van der Waals surface area contributed by atoms with Crippen molar-refractivity contribution < 1.29 is 14.9 Å². The molecule has 0 amide bonds. The molecule has 0 radical (unpaired) electrons. The highest BCUT2D eigenvalue weighted by Gasteiger charge is 2.29. The van der Waals surface area contributed by atoms with Crippen molar-refractivity contribution in [3.8, 4) is 11.8 Å². The monoisotopic (exact) mass is 505 g/mol. The van der Waals surface area contributed by atoms with Crippen molar-refractivity contribution >= 4 is 22.7 Å². The summed E-state index contributed by atoms with van der Waals surface area (Å²) in [4.78, 5) is 8.02. The number of likely N-dealkylation sites (tertiary alicyclic amines) is 1. The summed E-state index contributed by atoms with van der Waals surface area (Å²) < 4.78 is 5.36. The first-order valence-electron chi connectivity index (χ1n) is 12.7. The first-order valence-corrected chi connectivity index (χ1v) is 13.7. The SMILES string of the molecule is COc1ccc2nccc([C@H](O)CC[C@@H]3CCN(CCCSc4cccc(C#N)c4)C[C@@H]3CO)c2c1. The smallest absolute Gasteiger partial charge is 0.119 e. The van der Waals surface area contributed by atoms with Crippen molar-refractivity contribution in [2.24, 2.45) is 11.8 Å². The molecule has 0 bridgehead atoms. The average Bonchev–Trinajstić information content (AvgIpc) is 2.93. The molecule has 0 aliphatic carbocycles. The van der Waals surface area contributed by atoms with E-state index in [1.54, 1.807) is 25.1 Å². The van der Waals surface area contributed by atoms with Gasteiger partial charge in [0.15, 0.2) is 0 Å². The first kappa shape index (κ1) is 26.4. The maximum atomic E-state index is 11.0. The summed E-state index contributed by atoms with van der Waals surface area (Å²) in [7, 11) is 1.64. The van der Waals surface area contributed by atoms with E-state index in [9.17, 15) is 10.2 Å². The Hall–Kier alpha value is -2.63. The van der Waals surface area contributed by atoms with Crippen molar-refractivity contribution in [2.75, 3.05) is 39.1 Å². The summed E-state index contributed by atoms with van der Waals surface area (Å²) in [5.74, 6) is 2.41. The van der Waals surface area contributed by atoms with Crippen LogP contribution in [0.15, 0.2) is 59.6 Å². The number of ether oxygens (including phenoxy) is 1. The zero-order valence-electron chi connectivity index (χ0n) is 20.8. The Bertz CT molecular complexity index is 1180. The second-order valence-corrected chi connectivity index (χ2v) is 10.7. The lowest BCUT2D eigenvalue weighted by molar-refractivity contribution is 0.0581. The van der Waals surface area contributed by atoms with Crippen LogP contribution >= 0.6 is 11.8 Å². The molecule has 2 aromatic carbocycles. The lowest BCUT2D eigenvalue weighted by Crippen LogP contribution is -2.42. The van der Waals surface area contributed by atoms with E-state index in [4.69, 9.17) is 10.00 Å². The van der Waals surface area contributed by atoms with Crippen molar-refractivity contribution in [3.63, 3.8) is 0 Å². The number of hydrogen-bond donors (Lipinski definition) is 2. The third kappa shape index (κ3) is 6.77. The van der Waals surface area contributed by atoms with Crippen molar-refractivity contribution in [3.05, 3.63) is 65.9 Å². The van der Waals surface area contributed by atoms with Gasteiger partial charge in [0.1, 0.15) is 5.75 Å². The van der Waals surface area contributed by atoms with E-state index in [2.05, 4.69) is 22.0 Å². The van der Waals surface area contributed by atoms with Gasteiger partial charge in [-0.2, -0.15) is 5.26 Å². The van der Waals surface area contributed by atoms with Gasteiger partial charge in [0.2, 0.25) is 0 Å². The van der Waals surface area contributed by atoms with Crippen LogP contribution < -0.4 is 4.74 Å². The third-order valence-corrected chi connectivity index (χ3v) is 8.29. The Morgan fingerprint density at radius 1 is 1.22 bits per heavy atom. The molecule has 0 spiro atoms. The number of nitriles is 1. The van der Waals surface area contributed by atoms with Crippen LogP contribution in [0.3, 0.4) is 0 Å². The fourth-order valence-corrected chi connectivity index (χ4v) is 6.07. The van der Waals surface area contributed by atoms with E-state index in [-0.39, 0.29) is 12.5 Å². The molecule has 1 fully saturated rings. The maximum Gasteiger partial charge on any atom is 0.119 e. The second-order valence-electron chi connectivity index (χ2n) is 9.51. The molecule has 6 nitrogen and oxygen atoms in total. The molecular formula is C29H35N3O3S. The second kappa shape index (κ2) is 13.1. The molecule has 2 N–H and O–H groups in total. The highest BCUT2D eigenvalue weighted by molar-refractivity contribution is 7.99. The van der Waals surface area contributed by atoms with Gasteiger partial charge in [-0.1, -0.05) is 6.07 Å². The van der Waals surface area contributed by atoms with Crippen molar-refractivity contribution in [1.29, 1.82) is 5.26 Å². The fraction of sp³-hybridized carbons (Fsp3) is 0.448. The van der Waals surface area contributed by atoms with Gasteiger partial charge in [-0.15, -0.1) is 11.8 Å². The number of methoxy groups -OCH3 is 1. The Labute approximate surface area is 217 Å². The van der Waals surface area contributed by atoms with Crippen LogP contribution in [0.2, 0.25) is 0 Å². The topological polar surface area (TPSA) is 89.6 Å². The minimum Gasteiger partial charge on any atom is -0.497 e. The standard InChI is InChI=1S/C29H35N3O3S/c1-35-24-7-8-28-27(17-24)26(10-12-31-28)29(34)9-6-22-11-14-32(19-23(22)20-33)13-3-15-36-25-5-2-4-21(16-25)18-30/h2,4-5,7-8,10,12,16-17,22-23,29,33-34H,3,6,9,11,13-15,19-20H2,1H3/t22-,23-,29-/m1/s1. The van der Waals surface area contributed by atoms with Gasteiger partial charge < -0.3 is 19.8 Å². The zero-order valence-corrected chi connectivity index (χ0v) is 21.7. The number of aliphatic hydroxyl groups is 2. The average molecular weight is 506 g/mol. The van der Waals surface area contributed by atoms with E-state index < -0.39 is 6.10 Å². The van der Waals surface area contributed by atoms with Crippen LogP contribution in [-0.4, -0.2) is 59.2 Å². The van der Waals surface area contributed by atoms with Gasteiger partial charge in [0.25, 0.3) is 0 Å². The van der Waals surface area contributed by atoms with E-state index in [0.717, 1.165) is 71.8 Å². The molecule has 2 heterocycles. The van der Waals surface area contributed by atoms with Crippen LogP contribution in [0.5, 0.6) is 5.75 Å². The van der Waals surface area contributed by atoms with Crippen molar-refractivity contribution in [1.82, 2.24) is 9.88 Å². The molecule has 1 aliphatic heterocycles. The summed E-state index contributed by atoms with van der Waals surface area (Å²) in [6.07, 6.45) is 4.84. The molecule has 1 saturated heterocycles. The molecule has 0 unspecified atom stereocenters. The van der Waals surface area contributed by atoms with Gasteiger partial charge in [0, 0.05) is 29.6 Å². The first-order chi connectivity index (χ1) is 17.6. The summed E-state index contributed by atoms with van der Waals surface area (Å²) in [5, 5.41) is 31.1. The van der Waals surface area contributed by atoms with Gasteiger partial charge in [-0.3, -0.25) is 4.98 Å². The number of aromatic nitrogens is 1. The predicted octanol–water partition coefficient (Wildman–Crippen LogP) is 5.04. The van der Waals surface area contributed by atoms with Crippen LogP contribution in [0, 0.1) is 23.2 Å². The maximum absolute atomic E-state index is 11.0. The molecule has 1 aromatic heterocycles. The number of piperidine rings is 1. The molecule has 1 aliphatic rings. The fourth-order valence-electron chi connectivity index (χ4n) is 5.17. The van der Waals surface area contributed by atoms with Gasteiger partial charge >= 0.3 is 0 Å². The Morgan fingerprint density at radius 2 is 2.11 bits per heavy atom. The third-order valence-electron chi connectivity index (χ3n) is 7.21. The largest absolute Gasteiger partial charge is 0.497 e. The number of nitrogens with zero attached hydrogens (tertiary/aromatic N) is 3. The number of fused-ring (bicyclic) bond motifs is 1. The number of pyridine rings is 1. The lowest BCUT2D eigenvalue weighted by Gasteiger charge is -2.38. The van der Waals surface area contributed by atoms with E-state index in [1.807, 2.05) is 42.5 Å². The lowest BCUT2D eigenvalue weighted by atomic mass is 9.81. The van der Waals surface area contributed by atoms with Crippen LogP contribution in [0.4, 0.5) is 0 Å². The molecule has 190 valence electrons. The van der Waals surface area contributed by atoms with Crippen molar-refractivity contribution in [2.45, 2.75) is 36.7 Å². The van der Waals surface area contributed by atoms with Gasteiger partial charge in [0.05, 0.1) is 30.4 Å². The Kier molecular flexibility index (Phi) is 9.60. The summed E-state index contributed by atoms with van der Waals surface area (Å²) in [6.45, 7) is 3.13. The summed E-state index contributed by atoms with van der Waals surface area (Å²) in [6, 6.07) is 17.6. The summed E-state index contributed by atoms with van der Waals surface area (Å²) >= 11 is 1.79. The number of thioether (sulfide) groups is 1. The number of benzene rings is 2. The highest BCUT2D eigenvalue weighted by atomic mass is 32.2. The molecule has 7 heteroatoms. The van der Waals surface area contributed by atoms with E-state index in [1.165, 1.54) is 0 Å². The number of aliphatic hydroxyl groups excluding tert-OH is 2. The van der Waals surface area contributed by atoms with Crippen LogP contribution in [-0.2, 0) is 0 Å². The Balaban J connectivity index is 1.25. The normalized spacial score (nSPS) is 19.2. The predicted molar refractivity (Wildman–Crippen MR) is 144 cm³/mol. The zero-order chi connectivity index (χ0) is 25.3.